The Bertz CT molecular complexity index is 836. The number of rotatable bonds is 1. The highest BCUT2D eigenvalue weighted by Crippen LogP contribution is 2.35. The van der Waals surface area contributed by atoms with Gasteiger partial charge in [-0.25, -0.2) is 0 Å². The summed E-state index contributed by atoms with van der Waals surface area (Å²) in [6.07, 6.45) is 0. The van der Waals surface area contributed by atoms with E-state index in [1.807, 2.05) is 66.1 Å². The molecule has 0 spiro atoms. The van der Waals surface area contributed by atoms with Gasteiger partial charge in [-0.05, 0) is 24.6 Å². The lowest BCUT2D eigenvalue weighted by Crippen LogP contribution is -2.25. The van der Waals surface area contributed by atoms with Crippen LogP contribution in [0.15, 0.2) is 54.6 Å². The number of aromatic nitrogens is 3. The van der Waals surface area contributed by atoms with E-state index in [0.29, 0.717) is 5.82 Å². The molecule has 4 heteroatoms. The zero-order valence-electron chi connectivity index (χ0n) is 11.5. The van der Waals surface area contributed by atoms with Crippen molar-refractivity contribution >= 4 is 5.78 Å². The summed E-state index contributed by atoms with van der Waals surface area (Å²) in [6.45, 7) is 1.91. The summed E-state index contributed by atoms with van der Waals surface area (Å²) in [6, 6.07) is 17.4. The summed E-state index contributed by atoms with van der Waals surface area (Å²) in [7, 11) is 0. The first-order chi connectivity index (χ1) is 10.3. The van der Waals surface area contributed by atoms with Crippen LogP contribution in [0, 0.1) is 6.92 Å². The summed E-state index contributed by atoms with van der Waals surface area (Å²) < 4.78 is 1.98. The van der Waals surface area contributed by atoms with Crippen LogP contribution in [0.4, 0.5) is 0 Å². The van der Waals surface area contributed by atoms with E-state index >= 15 is 0 Å². The van der Waals surface area contributed by atoms with Gasteiger partial charge in [-0.15, -0.1) is 10.2 Å². The lowest BCUT2D eigenvalue weighted by molar-refractivity contribution is 0.0965. The summed E-state index contributed by atoms with van der Waals surface area (Å²) in [5.41, 5.74) is 2.54. The van der Waals surface area contributed by atoms with E-state index in [1.165, 1.54) is 0 Å². The van der Waals surface area contributed by atoms with Gasteiger partial charge in [0.1, 0.15) is 11.7 Å². The van der Waals surface area contributed by atoms with Crippen LogP contribution in [0.1, 0.15) is 33.5 Å². The lowest BCUT2D eigenvalue weighted by atomic mass is 9.86. The molecule has 2 aromatic carbocycles. The molecule has 1 aliphatic rings. The Morgan fingerprint density at radius 3 is 2.48 bits per heavy atom. The fourth-order valence-corrected chi connectivity index (χ4v) is 2.96. The molecule has 4 nitrogen and oxygen atoms in total. The van der Waals surface area contributed by atoms with E-state index in [2.05, 4.69) is 10.2 Å². The molecule has 2 heterocycles. The first kappa shape index (κ1) is 12.0. The second-order valence-electron chi connectivity index (χ2n) is 5.17. The van der Waals surface area contributed by atoms with Crippen LogP contribution in [0.2, 0.25) is 0 Å². The monoisotopic (exact) mass is 275 g/mol. The van der Waals surface area contributed by atoms with Gasteiger partial charge in [0.15, 0.2) is 11.6 Å². The molecule has 0 saturated heterocycles. The van der Waals surface area contributed by atoms with Crippen LogP contribution < -0.4 is 0 Å². The molecule has 4 rings (SSSR count). The smallest absolute Gasteiger partial charge is 0.180 e. The van der Waals surface area contributed by atoms with Crippen LogP contribution in [-0.4, -0.2) is 20.5 Å². The predicted molar refractivity (Wildman–Crippen MR) is 78.7 cm³/mol. The van der Waals surface area contributed by atoms with Crippen molar-refractivity contribution in [2.24, 2.45) is 0 Å². The Hall–Kier alpha value is -2.75. The Morgan fingerprint density at radius 1 is 0.952 bits per heavy atom. The molecule has 21 heavy (non-hydrogen) atoms. The molecule has 0 aliphatic carbocycles. The summed E-state index contributed by atoms with van der Waals surface area (Å²) in [5.74, 6) is 1.19. The molecule has 0 fully saturated rings. The molecular formula is C17H13N3O. The van der Waals surface area contributed by atoms with Gasteiger partial charge >= 0.3 is 0 Å². The summed E-state index contributed by atoms with van der Waals surface area (Å²) in [5, 5.41) is 8.42. The minimum Gasteiger partial charge on any atom is -0.293 e. The standard InChI is InChI=1S/C17H13N3O/c1-11-18-19-17-15(12-7-3-2-4-8-12)16(21)13-9-5-6-10-14(13)20(11)17/h2-10,15H,1H3. The maximum atomic E-state index is 12.9. The van der Waals surface area contributed by atoms with E-state index in [0.717, 1.165) is 22.6 Å². The van der Waals surface area contributed by atoms with Crippen LogP contribution in [0.25, 0.3) is 5.69 Å². The zero-order valence-corrected chi connectivity index (χ0v) is 11.5. The van der Waals surface area contributed by atoms with E-state index < -0.39 is 0 Å². The highest BCUT2D eigenvalue weighted by atomic mass is 16.1. The number of nitrogens with zero attached hydrogens (tertiary/aromatic N) is 3. The summed E-state index contributed by atoms with van der Waals surface area (Å²) >= 11 is 0. The molecule has 1 aromatic heterocycles. The molecule has 0 bridgehead atoms. The van der Waals surface area contributed by atoms with Crippen molar-refractivity contribution in [3.63, 3.8) is 0 Å². The van der Waals surface area contributed by atoms with Crippen molar-refractivity contribution in [3.05, 3.63) is 77.4 Å². The number of fused-ring (bicyclic) bond motifs is 3. The molecule has 102 valence electrons. The molecule has 0 saturated carbocycles. The third-order valence-corrected chi connectivity index (χ3v) is 3.91. The van der Waals surface area contributed by atoms with Crippen molar-refractivity contribution in [1.82, 2.24) is 14.8 Å². The number of hydrogen-bond acceptors (Lipinski definition) is 3. The minimum atomic E-state index is -0.387. The number of aryl methyl sites for hydroxylation is 1. The van der Waals surface area contributed by atoms with Gasteiger partial charge in [0, 0.05) is 5.56 Å². The lowest BCUT2D eigenvalue weighted by Gasteiger charge is -2.24. The van der Waals surface area contributed by atoms with E-state index in [4.69, 9.17) is 0 Å². The largest absolute Gasteiger partial charge is 0.293 e. The van der Waals surface area contributed by atoms with Crippen molar-refractivity contribution < 1.29 is 4.79 Å². The Morgan fingerprint density at radius 2 is 1.67 bits per heavy atom. The highest BCUT2D eigenvalue weighted by Gasteiger charge is 2.35. The van der Waals surface area contributed by atoms with Gasteiger partial charge in [-0.1, -0.05) is 42.5 Å². The molecule has 1 unspecified atom stereocenters. The van der Waals surface area contributed by atoms with Crippen molar-refractivity contribution in [3.8, 4) is 5.69 Å². The number of hydrogen-bond donors (Lipinski definition) is 0. The zero-order chi connectivity index (χ0) is 14.4. The summed E-state index contributed by atoms with van der Waals surface area (Å²) in [4.78, 5) is 12.9. The van der Waals surface area contributed by atoms with Gasteiger partial charge in [0.05, 0.1) is 5.69 Å². The van der Waals surface area contributed by atoms with E-state index in [9.17, 15) is 4.79 Å². The normalized spacial score (nSPS) is 16.4. The fraction of sp³-hybridized carbons (Fsp3) is 0.118. The first-order valence-electron chi connectivity index (χ1n) is 6.88. The second-order valence-corrected chi connectivity index (χ2v) is 5.17. The first-order valence-corrected chi connectivity index (χ1v) is 6.88. The van der Waals surface area contributed by atoms with Crippen LogP contribution >= 0.6 is 0 Å². The van der Waals surface area contributed by atoms with Crippen molar-refractivity contribution in [1.29, 1.82) is 0 Å². The topological polar surface area (TPSA) is 47.8 Å². The maximum absolute atomic E-state index is 12.9. The third-order valence-electron chi connectivity index (χ3n) is 3.91. The van der Waals surface area contributed by atoms with E-state index in [1.54, 1.807) is 0 Å². The molecule has 3 aromatic rings. The number of benzene rings is 2. The Balaban J connectivity index is 2.02. The molecule has 1 aliphatic heterocycles. The minimum absolute atomic E-state index is 0.0803. The SMILES string of the molecule is Cc1nnc2n1-c1ccccc1C(=O)C2c1ccccc1. The Kier molecular flexibility index (Phi) is 2.51. The van der Waals surface area contributed by atoms with E-state index in [-0.39, 0.29) is 11.7 Å². The van der Waals surface area contributed by atoms with Crippen LogP contribution in [0.3, 0.4) is 0 Å². The van der Waals surface area contributed by atoms with Crippen molar-refractivity contribution in [2.75, 3.05) is 0 Å². The van der Waals surface area contributed by atoms with Gasteiger partial charge in [-0.3, -0.25) is 9.36 Å². The van der Waals surface area contributed by atoms with Gasteiger partial charge in [0.2, 0.25) is 0 Å². The molecule has 1 atom stereocenters. The quantitative estimate of drug-likeness (QED) is 0.686. The molecule has 0 N–H and O–H groups in total. The van der Waals surface area contributed by atoms with Gasteiger partial charge in [0.25, 0.3) is 0 Å². The molecule has 0 amide bonds. The van der Waals surface area contributed by atoms with Crippen LogP contribution in [0.5, 0.6) is 0 Å². The number of ketones is 1. The number of carbonyl (C=O) groups excluding carboxylic acids is 1. The average molecular weight is 275 g/mol. The predicted octanol–water partition coefficient (Wildman–Crippen LogP) is 2.90. The second kappa shape index (κ2) is 4.38. The fourth-order valence-electron chi connectivity index (χ4n) is 2.96. The number of para-hydroxylation sites is 1. The highest BCUT2D eigenvalue weighted by molar-refractivity contribution is 6.06. The van der Waals surface area contributed by atoms with Gasteiger partial charge < -0.3 is 0 Å². The van der Waals surface area contributed by atoms with Crippen LogP contribution in [-0.2, 0) is 0 Å². The average Bonchev–Trinajstić information content (AvgIpc) is 2.91. The van der Waals surface area contributed by atoms with Crippen molar-refractivity contribution in [2.45, 2.75) is 12.8 Å². The number of carbonyl (C=O) groups is 1. The molecule has 0 radical (unpaired) electrons. The van der Waals surface area contributed by atoms with Gasteiger partial charge in [-0.2, -0.15) is 0 Å². The Labute approximate surface area is 122 Å². The third kappa shape index (κ3) is 1.65. The molecular weight excluding hydrogens is 262 g/mol. The maximum Gasteiger partial charge on any atom is 0.180 e. The number of Topliss-reactive ketones (excluding diaryl/α,β-unsaturated/α-hetero) is 1.